The Balaban J connectivity index is 1.44. The molecule has 0 radical (unpaired) electrons. The fraction of sp³-hybridized carbons (Fsp3) is 0.440. The van der Waals surface area contributed by atoms with E-state index in [1.165, 1.54) is 12.4 Å². The Hall–Kier alpha value is -3.69. The Bertz CT molecular complexity index is 1480. The first-order valence-corrected chi connectivity index (χ1v) is 13.8. The third-order valence-electron chi connectivity index (χ3n) is 6.57. The third-order valence-corrected chi connectivity index (χ3v) is 7.68. The second-order valence-electron chi connectivity index (χ2n) is 9.65. The highest BCUT2D eigenvalue weighted by Crippen LogP contribution is 2.34. The molecular weight excluding hydrogens is 498 g/mol. The molecule has 2 aliphatic heterocycles. The summed E-state index contributed by atoms with van der Waals surface area (Å²) in [5.74, 6) is 0.258. The number of aromatic nitrogens is 3. The number of sulfone groups is 1. The minimum Gasteiger partial charge on any atom is -0.472 e. The molecule has 5 rings (SSSR count). The summed E-state index contributed by atoms with van der Waals surface area (Å²) in [6, 6.07) is 8.74. The maximum Gasteiger partial charge on any atom is 0.410 e. The Morgan fingerprint density at radius 1 is 1.19 bits per heavy atom. The van der Waals surface area contributed by atoms with Gasteiger partial charge < -0.3 is 19.1 Å². The molecule has 2 bridgehead atoms. The Morgan fingerprint density at radius 2 is 1.92 bits per heavy atom. The number of nitrogens with zero attached hydrogens (tertiary/aromatic N) is 5. The lowest BCUT2D eigenvalue weighted by Gasteiger charge is -2.45. The number of nitriles is 1. The molecule has 0 spiro atoms. The summed E-state index contributed by atoms with van der Waals surface area (Å²) in [5.41, 5.74) is 0.851. The molecule has 12 heteroatoms. The van der Waals surface area contributed by atoms with Gasteiger partial charge in [-0.1, -0.05) is 0 Å². The van der Waals surface area contributed by atoms with Crippen LogP contribution in [-0.4, -0.2) is 78.7 Å². The number of likely N-dealkylation sites (tertiary alicyclic amines) is 1. The molecule has 2 atom stereocenters. The first kappa shape index (κ1) is 25.0. The Morgan fingerprint density at radius 3 is 2.57 bits per heavy atom. The topological polar surface area (TPSA) is 137 Å². The zero-order valence-corrected chi connectivity index (χ0v) is 21.5. The SMILES string of the molecule is CC(C)OC(=O)N1CC2COCC(C1)C2Oc1ncnc(-n2ccc3cc(S(C)(=O)=O)ccc32)c1C#N. The second-order valence-corrected chi connectivity index (χ2v) is 11.7. The summed E-state index contributed by atoms with van der Waals surface area (Å²) >= 11 is 0. The van der Waals surface area contributed by atoms with Crippen LogP contribution in [0.25, 0.3) is 16.7 Å². The van der Waals surface area contributed by atoms with Crippen molar-refractivity contribution in [2.45, 2.75) is 31.0 Å². The highest BCUT2D eigenvalue weighted by atomic mass is 32.2. The van der Waals surface area contributed by atoms with Crippen LogP contribution >= 0.6 is 0 Å². The number of piperidine rings is 1. The van der Waals surface area contributed by atoms with E-state index in [-0.39, 0.29) is 46.5 Å². The van der Waals surface area contributed by atoms with E-state index in [1.54, 1.807) is 33.9 Å². The first-order chi connectivity index (χ1) is 17.7. The molecule has 0 N–H and O–H groups in total. The molecule has 37 heavy (non-hydrogen) atoms. The normalized spacial score (nSPS) is 21.6. The highest BCUT2D eigenvalue weighted by molar-refractivity contribution is 7.90. The van der Waals surface area contributed by atoms with Crippen molar-refractivity contribution in [2.24, 2.45) is 11.8 Å². The lowest BCUT2D eigenvalue weighted by atomic mass is 9.84. The van der Waals surface area contributed by atoms with Crippen LogP contribution in [-0.2, 0) is 19.3 Å². The quantitative estimate of drug-likeness (QED) is 0.492. The fourth-order valence-electron chi connectivity index (χ4n) is 4.91. The summed E-state index contributed by atoms with van der Waals surface area (Å²) in [4.78, 5) is 23.0. The van der Waals surface area contributed by atoms with Crippen LogP contribution < -0.4 is 4.74 Å². The molecule has 1 amide bonds. The molecule has 2 aromatic heterocycles. The van der Waals surface area contributed by atoms with E-state index in [0.717, 1.165) is 6.26 Å². The van der Waals surface area contributed by atoms with Gasteiger partial charge in [0.25, 0.3) is 0 Å². The maximum absolute atomic E-state index is 12.5. The average molecular weight is 526 g/mol. The zero-order chi connectivity index (χ0) is 26.3. The molecule has 11 nitrogen and oxygen atoms in total. The van der Waals surface area contributed by atoms with Crippen LogP contribution in [0.4, 0.5) is 4.79 Å². The molecule has 2 unspecified atom stereocenters. The molecular formula is C25H27N5O6S. The van der Waals surface area contributed by atoms with Gasteiger partial charge in [0.05, 0.1) is 29.7 Å². The standard InChI is InChI=1S/C25H27N5O6S/c1-15(2)35-25(31)29-10-17-12-34-13-18(11-29)22(17)36-24-20(9-26)23(27-14-28-24)30-7-6-16-8-19(37(3,32)33)4-5-21(16)30/h4-8,14-15,17-18,22H,10-13H2,1-3H3. The van der Waals surface area contributed by atoms with Gasteiger partial charge >= 0.3 is 6.09 Å². The van der Waals surface area contributed by atoms with Gasteiger partial charge in [-0.3, -0.25) is 4.57 Å². The van der Waals surface area contributed by atoms with Crippen LogP contribution in [0.2, 0.25) is 0 Å². The van der Waals surface area contributed by atoms with Crippen molar-refractivity contribution in [2.75, 3.05) is 32.6 Å². The van der Waals surface area contributed by atoms with Crippen LogP contribution in [0.3, 0.4) is 0 Å². The summed E-state index contributed by atoms with van der Waals surface area (Å²) in [6.07, 6.45) is 3.36. The average Bonchev–Trinajstić information content (AvgIpc) is 3.26. The minimum absolute atomic E-state index is 0.112. The van der Waals surface area contributed by atoms with E-state index in [4.69, 9.17) is 14.2 Å². The molecule has 2 saturated heterocycles. The van der Waals surface area contributed by atoms with E-state index in [2.05, 4.69) is 16.0 Å². The molecule has 1 aromatic carbocycles. The van der Waals surface area contributed by atoms with Gasteiger partial charge in [0.2, 0.25) is 5.88 Å². The van der Waals surface area contributed by atoms with Crippen molar-refractivity contribution in [1.29, 1.82) is 5.26 Å². The number of rotatable bonds is 5. The van der Waals surface area contributed by atoms with Crippen molar-refractivity contribution in [3.63, 3.8) is 0 Å². The number of ether oxygens (including phenoxy) is 3. The van der Waals surface area contributed by atoms with E-state index >= 15 is 0 Å². The summed E-state index contributed by atoms with van der Waals surface area (Å²) in [5, 5.41) is 10.8. The van der Waals surface area contributed by atoms with E-state index in [9.17, 15) is 18.5 Å². The minimum atomic E-state index is -3.36. The van der Waals surface area contributed by atoms with Crippen LogP contribution in [0.15, 0.2) is 41.7 Å². The maximum atomic E-state index is 12.5. The molecule has 0 aliphatic carbocycles. The Labute approximate surface area is 214 Å². The summed E-state index contributed by atoms with van der Waals surface area (Å²) in [7, 11) is -3.36. The molecule has 0 saturated carbocycles. The highest BCUT2D eigenvalue weighted by Gasteiger charge is 2.44. The number of hydrogen-bond acceptors (Lipinski definition) is 9. The molecule has 2 aliphatic rings. The molecule has 194 valence electrons. The number of carbonyl (C=O) groups excluding carboxylic acids is 1. The molecule has 3 aromatic rings. The molecule has 4 heterocycles. The van der Waals surface area contributed by atoms with Gasteiger partial charge in [-0.05, 0) is 38.1 Å². The smallest absolute Gasteiger partial charge is 0.410 e. The van der Waals surface area contributed by atoms with Crippen LogP contribution in [0.1, 0.15) is 19.4 Å². The zero-order valence-electron chi connectivity index (χ0n) is 20.7. The predicted molar refractivity (Wildman–Crippen MR) is 132 cm³/mol. The van der Waals surface area contributed by atoms with Crippen molar-refractivity contribution in [3.05, 3.63) is 42.4 Å². The lowest BCUT2D eigenvalue weighted by molar-refractivity contribution is -0.111. The van der Waals surface area contributed by atoms with Crippen molar-refractivity contribution in [1.82, 2.24) is 19.4 Å². The number of hydrogen-bond donors (Lipinski definition) is 0. The van der Waals surface area contributed by atoms with Gasteiger partial charge in [0, 0.05) is 42.8 Å². The van der Waals surface area contributed by atoms with Crippen molar-refractivity contribution < 1.29 is 27.4 Å². The predicted octanol–water partition coefficient (Wildman–Crippen LogP) is 2.57. The monoisotopic (exact) mass is 525 g/mol. The Kier molecular flexibility index (Phi) is 6.51. The van der Waals surface area contributed by atoms with Gasteiger partial charge in [0.1, 0.15) is 18.5 Å². The largest absolute Gasteiger partial charge is 0.472 e. The summed E-state index contributed by atoms with van der Waals surface area (Å²) < 4.78 is 43.1. The third kappa shape index (κ3) is 4.84. The first-order valence-electron chi connectivity index (χ1n) is 11.9. The van der Waals surface area contributed by atoms with Gasteiger partial charge in [0.15, 0.2) is 21.2 Å². The van der Waals surface area contributed by atoms with E-state index in [1.807, 2.05) is 13.8 Å². The van der Waals surface area contributed by atoms with Crippen molar-refractivity contribution in [3.8, 4) is 17.8 Å². The van der Waals surface area contributed by atoms with Crippen molar-refractivity contribution >= 4 is 26.8 Å². The van der Waals surface area contributed by atoms with Gasteiger partial charge in [-0.15, -0.1) is 0 Å². The number of carbonyl (C=O) groups is 1. The van der Waals surface area contributed by atoms with Gasteiger partial charge in [-0.25, -0.2) is 23.2 Å². The fourth-order valence-corrected chi connectivity index (χ4v) is 5.57. The summed E-state index contributed by atoms with van der Waals surface area (Å²) in [6.45, 7) is 5.28. The van der Waals surface area contributed by atoms with Crippen LogP contribution in [0, 0.1) is 23.2 Å². The van der Waals surface area contributed by atoms with E-state index < -0.39 is 9.84 Å². The number of amides is 1. The van der Waals surface area contributed by atoms with Gasteiger partial charge in [-0.2, -0.15) is 5.26 Å². The van der Waals surface area contributed by atoms with E-state index in [0.29, 0.717) is 43.0 Å². The second kappa shape index (κ2) is 9.64. The lowest BCUT2D eigenvalue weighted by Crippen LogP contribution is -2.58. The number of benzene rings is 1. The van der Waals surface area contributed by atoms with Crippen LogP contribution in [0.5, 0.6) is 5.88 Å². The number of fused-ring (bicyclic) bond motifs is 3. The molecule has 2 fully saturated rings.